The van der Waals surface area contributed by atoms with Gasteiger partial charge in [-0.25, -0.2) is 4.79 Å². The van der Waals surface area contributed by atoms with E-state index in [0.717, 1.165) is 17.8 Å². The first-order valence-corrected chi connectivity index (χ1v) is 10.9. The average molecular weight is 461 g/mol. The first-order chi connectivity index (χ1) is 15.2. The van der Waals surface area contributed by atoms with E-state index in [4.69, 9.17) is 10.5 Å². The molecular weight excluding hydrogens is 436 g/mol. The first-order valence-electron chi connectivity index (χ1n) is 10.0. The highest BCUT2D eigenvalue weighted by molar-refractivity contribution is 7.14. The summed E-state index contributed by atoms with van der Waals surface area (Å²) in [5, 5.41) is 16.0. The molecule has 0 radical (unpaired) electrons. The summed E-state index contributed by atoms with van der Waals surface area (Å²) in [6.45, 7) is 4.99. The Kier molecular flexibility index (Phi) is 7.08. The number of rotatable bonds is 7. The fourth-order valence-corrected chi connectivity index (χ4v) is 4.71. The highest BCUT2D eigenvalue weighted by atomic mass is 32.1. The molecular formula is C21H24N4O6S. The molecule has 0 bridgehead atoms. The fourth-order valence-electron chi connectivity index (χ4n) is 3.90. The number of esters is 1. The van der Waals surface area contributed by atoms with Gasteiger partial charge in [-0.05, 0) is 41.8 Å². The predicted octanol–water partition coefficient (Wildman–Crippen LogP) is 3.03. The van der Waals surface area contributed by atoms with Crippen molar-refractivity contribution in [2.24, 2.45) is 17.6 Å². The first kappa shape index (κ1) is 23.2. The Morgan fingerprint density at radius 2 is 1.94 bits per heavy atom. The Morgan fingerprint density at radius 3 is 2.56 bits per heavy atom. The van der Waals surface area contributed by atoms with Gasteiger partial charge in [0.25, 0.3) is 17.5 Å². The van der Waals surface area contributed by atoms with E-state index in [2.05, 4.69) is 19.2 Å². The van der Waals surface area contributed by atoms with Gasteiger partial charge in [-0.2, -0.15) is 0 Å². The fraction of sp³-hybridized carbons (Fsp3) is 0.381. The second-order valence-electron chi connectivity index (χ2n) is 7.96. The number of amides is 2. The standard InChI is InChI=1S/C21H24N4O6S/c1-12-7-13(2)10-24(9-12)16-4-3-14(8-17(16)25(29)30)21(28)31-11-18(26)23-20-15(19(22)27)5-6-32-20/h3-6,8,12-13H,7,9-11H2,1-2H3,(H2,22,27)(H,23,26). The maximum Gasteiger partial charge on any atom is 0.338 e. The van der Waals surface area contributed by atoms with E-state index in [1.54, 1.807) is 11.4 Å². The van der Waals surface area contributed by atoms with Crippen LogP contribution in [0, 0.1) is 22.0 Å². The minimum Gasteiger partial charge on any atom is -0.452 e. The van der Waals surface area contributed by atoms with Gasteiger partial charge in [-0.3, -0.25) is 19.7 Å². The molecule has 1 fully saturated rings. The van der Waals surface area contributed by atoms with Crippen molar-refractivity contribution in [2.45, 2.75) is 20.3 Å². The summed E-state index contributed by atoms with van der Waals surface area (Å²) in [5.41, 5.74) is 5.63. The lowest BCUT2D eigenvalue weighted by atomic mass is 9.91. The van der Waals surface area contributed by atoms with Crippen molar-refractivity contribution in [1.82, 2.24) is 0 Å². The summed E-state index contributed by atoms with van der Waals surface area (Å²) in [7, 11) is 0. The predicted molar refractivity (Wildman–Crippen MR) is 120 cm³/mol. The van der Waals surface area contributed by atoms with E-state index in [1.165, 1.54) is 18.2 Å². The van der Waals surface area contributed by atoms with Gasteiger partial charge in [0.2, 0.25) is 0 Å². The zero-order chi connectivity index (χ0) is 23.4. The third kappa shape index (κ3) is 5.41. The smallest absolute Gasteiger partial charge is 0.338 e. The van der Waals surface area contributed by atoms with Crippen LogP contribution in [-0.2, 0) is 9.53 Å². The molecule has 0 spiro atoms. The van der Waals surface area contributed by atoms with Gasteiger partial charge < -0.3 is 20.7 Å². The van der Waals surface area contributed by atoms with Crippen LogP contribution in [-0.4, -0.2) is 42.4 Å². The molecule has 1 aliphatic heterocycles. The number of ether oxygens (including phenoxy) is 1. The second-order valence-corrected chi connectivity index (χ2v) is 8.88. The molecule has 1 aromatic heterocycles. The molecule has 3 rings (SSSR count). The monoisotopic (exact) mass is 460 g/mol. The van der Waals surface area contributed by atoms with Crippen LogP contribution in [0.1, 0.15) is 41.0 Å². The highest BCUT2D eigenvalue weighted by Crippen LogP contribution is 2.34. The zero-order valence-electron chi connectivity index (χ0n) is 17.7. The lowest BCUT2D eigenvalue weighted by Crippen LogP contribution is -2.39. The van der Waals surface area contributed by atoms with E-state index in [0.29, 0.717) is 30.6 Å². The van der Waals surface area contributed by atoms with Crippen LogP contribution in [0.15, 0.2) is 29.6 Å². The van der Waals surface area contributed by atoms with Crippen molar-refractivity contribution in [3.8, 4) is 0 Å². The van der Waals surface area contributed by atoms with Gasteiger partial charge in [0.05, 0.1) is 16.1 Å². The molecule has 2 amide bonds. The topological polar surface area (TPSA) is 145 Å². The van der Waals surface area contributed by atoms with Crippen LogP contribution in [0.2, 0.25) is 0 Å². The third-order valence-corrected chi connectivity index (χ3v) is 5.97. The molecule has 2 heterocycles. The number of nitrogens with one attached hydrogen (secondary N) is 1. The largest absolute Gasteiger partial charge is 0.452 e. The van der Waals surface area contributed by atoms with Gasteiger partial charge in [0.1, 0.15) is 10.7 Å². The molecule has 10 nitrogen and oxygen atoms in total. The van der Waals surface area contributed by atoms with Crippen molar-refractivity contribution < 1.29 is 24.0 Å². The SMILES string of the molecule is CC1CC(C)CN(c2ccc(C(=O)OCC(=O)Nc3sccc3C(N)=O)cc2[N+](=O)[O-])C1. The van der Waals surface area contributed by atoms with E-state index >= 15 is 0 Å². The van der Waals surface area contributed by atoms with Crippen molar-refractivity contribution in [1.29, 1.82) is 0 Å². The van der Waals surface area contributed by atoms with Gasteiger partial charge in [-0.15, -0.1) is 11.3 Å². The number of nitrogens with two attached hydrogens (primary N) is 1. The summed E-state index contributed by atoms with van der Waals surface area (Å²) >= 11 is 1.10. The Bertz CT molecular complexity index is 1040. The van der Waals surface area contributed by atoms with Crippen molar-refractivity contribution in [2.75, 3.05) is 29.9 Å². The number of nitro benzene ring substituents is 1. The number of hydrogen-bond acceptors (Lipinski definition) is 8. The Hall–Kier alpha value is -3.47. The Labute approximate surface area is 188 Å². The average Bonchev–Trinajstić information content (AvgIpc) is 3.19. The maximum absolute atomic E-state index is 12.4. The number of nitro groups is 1. The molecule has 170 valence electrons. The molecule has 0 aliphatic carbocycles. The Balaban J connectivity index is 1.68. The Morgan fingerprint density at radius 1 is 1.25 bits per heavy atom. The molecule has 2 atom stereocenters. The maximum atomic E-state index is 12.4. The number of thiophene rings is 1. The summed E-state index contributed by atoms with van der Waals surface area (Å²) in [5.74, 6) is -1.41. The van der Waals surface area contributed by atoms with E-state index in [9.17, 15) is 24.5 Å². The third-order valence-electron chi connectivity index (χ3n) is 5.14. The highest BCUT2D eigenvalue weighted by Gasteiger charge is 2.28. The van der Waals surface area contributed by atoms with Crippen LogP contribution in [0.25, 0.3) is 0 Å². The molecule has 32 heavy (non-hydrogen) atoms. The van der Waals surface area contributed by atoms with Gasteiger partial charge >= 0.3 is 5.97 Å². The number of carbonyl (C=O) groups is 3. The summed E-state index contributed by atoms with van der Waals surface area (Å²) < 4.78 is 4.99. The van der Waals surface area contributed by atoms with E-state index in [1.807, 2.05) is 4.90 Å². The minimum atomic E-state index is -0.864. The normalized spacial score (nSPS) is 18.1. The minimum absolute atomic E-state index is 0.0275. The lowest BCUT2D eigenvalue weighted by molar-refractivity contribution is -0.384. The van der Waals surface area contributed by atoms with Crippen LogP contribution < -0.4 is 16.0 Å². The number of carbonyl (C=O) groups excluding carboxylic acids is 3. The van der Waals surface area contributed by atoms with Crippen LogP contribution >= 0.6 is 11.3 Å². The molecule has 11 heteroatoms. The molecule has 1 aromatic carbocycles. The molecule has 1 aliphatic rings. The summed E-state index contributed by atoms with van der Waals surface area (Å²) in [6.07, 6.45) is 1.06. The zero-order valence-corrected chi connectivity index (χ0v) is 18.5. The second kappa shape index (κ2) is 9.77. The number of hydrogen-bond donors (Lipinski definition) is 2. The molecule has 3 N–H and O–H groups in total. The summed E-state index contributed by atoms with van der Waals surface area (Å²) in [4.78, 5) is 48.9. The van der Waals surface area contributed by atoms with E-state index < -0.39 is 29.3 Å². The molecule has 2 unspecified atom stereocenters. The van der Waals surface area contributed by atoms with E-state index in [-0.39, 0.29) is 21.8 Å². The van der Waals surface area contributed by atoms with Gasteiger partial charge in [0, 0.05) is 19.2 Å². The number of nitrogens with zero attached hydrogens (tertiary/aromatic N) is 2. The molecule has 0 saturated carbocycles. The van der Waals surface area contributed by atoms with Gasteiger partial charge in [-0.1, -0.05) is 13.8 Å². The van der Waals surface area contributed by atoms with Crippen LogP contribution in [0.4, 0.5) is 16.4 Å². The van der Waals surface area contributed by atoms with Crippen LogP contribution in [0.3, 0.4) is 0 Å². The van der Waals surface area contributed by atoms with Gasteiger partial charge in [0.15, 0.2) is 6.61 Å². The summed E-state index contributed by atoms with van der Waals surface area (Å²) in [6, 6.07) is 5.64. The van der Waals surface area contributed by atoms with Crippen molar-refractivity contribution in [3.05, 3.63) is 50.9 Å². The molecule has 2 aromatic rings. The van der Waals surface area contributed by atoms with Crippen molar-refractivity contribution in [3.63, 3.8) is 0 Å². The lowest BCUT2D eigenvalue weighted by Gasteiger charge is -2.36. The van der Waals surface area contributed by atoms with Crippen LogP contribution in [0.5, 0.6) is 0 Å². The number of benzene rings is 1. The number of piperidine rings is 1. The molecule has 1 saturated heterocycles. The number of anilines is 2. The quantitative estimate of drug-likeness (QED) is 0.367. The van der Waals surface area contributed by atoms with Crippen molar-refractivity contribution >= 4 is 45.5 Å². The number of primary amides is 1.